The molecule has 0 amide bonds. The quantitative estimate of drug-likeness (QED) is 0.778. The Kier molecular flexibility index (Phi) is 4.32. The van der Waals surface area contributed by atoms with Crippen molar-refractivity contribution in [3.63, 3.8) is 0 Å². The number of fused-ring (bicyclic) bond motifs is 1. The minimum atomic E-state index is -0.307. The Balaban J connectivity index is 1.77. The van der Waals surface area contributed by atoms with Crippen LogP contribution in [0.15, 0.2) is 36.4 Å². The van der Waals surface area contributed by atoms with Crippen LogP contribution in [0.2, 0.25) is 0 Å². The van der Waals surface area contributed by atoms with Crippen molar-refractivity contribution >= 4 is 16.7 Å². The van der Waals surface area contributed by atoms with Gasteiger partial charge in [-0.05, 0) is 66.6 Å². The molecule has 3 rings (SSSR count). The summed E-state index contributed by atoms with van der Waals surface area (Å²) in [5, 5.41) is 2.10. The maximum absolute atomic E-state index is 11.6. The van der Waals surface area contributed by atoms with Crippen molar-refractivity contribution in [2.75, 3.05) is 7.11 Å². The van der Waals surface area contributed by atoms with E-state index in [2.05, 4.69) is 13.0 Å². The first-order valence-corrected chi connectivity index (χ1v) is 7.94. The van der Waals surface area contributed by atoms with E-state index in [0.717, 1.165) is 35.3 Å². The first-order chi connectivity index (χ1) is 10.7. The highest BCUT2D eigenvalue weighted by Crippen LogP contribution is 2.29. The zero-order valence-corrected chi connectivity index (χ0v) is 13.2. The molecule has 0 heterocycles. The van der Waals surface area contributed by atoms with Gasteiger partial charge in [-0.2, -0.15) is 0 Å². The second-order valence-corrected chi connectivity index (χ2v) is 6.22. The lowest BCUT2D eigenvalue weighted by Gasteiger charge is -2.27. The number of hydrogen-bond donors (Lipinski definition) is 0. The van der Waals surface area contributed by atoms with Crippen molar-refractivity contribution in [3.8, 4) is 5.75 Å². The zero-order chi connectivity index (χ0) is 15.5. The van der Waals surface area contributed by atoms with Crippen molar-refractivity contribution in [2.45, 2.75) is 38.7 Å². The largest absolute Gasteiger partial charge is 0.490 e. The summed E-state index contributed by atoms with van der Waals surface area (Å²) in [6.45, 7) is 2.31. The molecule has 0 atom stereocenters. The Bertz CT molecular complexity index is 669. The molecule has 0 bridgehead atoms. The normalized spacial score (nSPS) is 21.5. The summed E-state index contributed by atoms with van der Waals surface area (Å²) < 4.78 is 10.9. The number of ether oxygens (including phenoxy) is 2. The number of carbonyl (C=O) groups is 1. The topological polar surface area (TPSA) is 35.5 Å². The summed E-state index contributed by atoms with van der Waals surface area (Å²) >= 11 is 0. The molecule has 1 aliphatic rings. The molecule has 2 aromatic carbocycles. The number of esters is 1. The van der Waals surface area contributed by atoms with Gasteiger partial charge in [0.15, 0.2) is 0 Å². The first kappa shape index (κ1) is 14.9. The highest BCUT2D eigenvalue weighted by Gasteiger charge is 2.19. The number of methoxy groups -OCH3 is 1. The second kappa shape index (κ2) is 6.39. The third kappa shape index (κ3) is 3.24. The minimum absolute atomic E-state index is 0.307. The average Bonchev–Trinajstić information content (AvgIpc) is 2.55. The van der Waals surface area contributed by atoms with Crippen LogP contribution in [0.3, 0.4) is 0 Å². The fourth-order valence-electron chi connectivity index (χ4n) is 3.08. The third-order valence-electron chi connectivity index (χ3n) is 4.50. The highest BCUT2D eigenvalue weighted by atomic mass is 16.5. The molecule has 0 aliphatic heterocycles. The average molecular weight is 298 g/mol. The van der Waals surface area contributed by atoms with Gasteiger partial charge in [-0.15, -0.1) is 0 Å². The number of rotatable bonds is 3. The van der Waals surface area contributed by atoms with E-state index in [9.17, 15) is 4.79 Å². The number of hydrogen-bond acceptors (Lipinski definition) is 3. The summed E-state index contributed by atoms with van der Waals surface area (Å²) in [5.41, 5.74) is 0.574. The van der Waals surface area contributed by atoms with Gasteiger partial charge in [-0.1, -0.05) is 19.1 Å². The van der Waals surface area contributed by atoms with Crippen molar-refractivity contribution in [3.05, 3.63) is 42.0 Å². The maximum Gasteiger partial charge on any atom is 0.337 e. The summed E-state index contributed by atoms with van der Waals surface area (Å²) in [6.07, 6.45) is 5.12. The van der Waals surface area contributed by atoms with Crippen LogP contribution in [0.5, 0.6) is 5.75 Å². The van der Waals surface area contributed by atoms with Gasteiger partial charge in [0.1, 0.15) is 5.75 Å². The van der Waals surface area contributed by atoms with E-state index in [4.69, 9.17) is 9.47 Å². The van der Waals surface area contributed by atoms with Gasteiger partial charge in [-0.3, -0.25) is 0 Å². The standard InChI is InChI=1S/C19H22O3/c1-13-3-8-17(9-4-13)22-18-10-7-14-11-16(19(20)21-2)6-5-15(14)12-18/h5-7,10-13,17H,3-4,8-9H2,1-2H3/t13-,17+. The Morgan fingerprint density at radius 1 is 1.00 bits per heavy atom. The fraction of sp³-hybridized carbons (Fsp3) is 0.421. The van der Waals surface area contributed by atoms with Gasteiger partial charge in [0, 0.05) is 0 Å². The van der Waals surface area contributed by atoms with Gasteiger partial charge in [-0.25, -0.2) is 4.79 Å². The molecule has 1 saturated carbocycles. The van der Waals surface area contributed by atoms with E-state index < -0.39 is 0 Å². The smallest absolute Gasteiger partial charge is 0.337 e. The molecule has 116 valence electrons. The van der Waals surface area contributed by atoms with Crippen LogP contribution in [0, 0.1) is 5.92 Å². The third-order valence-corrected chi connectivity index (χ3v) is 4.50. The van der Waals surface area contributed by atoms with E-state index >= 15 is 0 Å². The number of carbonyl (C=O) groups excluding carboxylic acids is 1. The zero-order valence-electron chi connectivity index (χ0n) is 13.2. The summed E-state index contributed by atoms with van der Waals surface area (Å²) in [6, 6.07) is 11.6. The minimum Gasteiger partial charge on any atom is -0.490 e. The van der Waals surface area contributed by atoms with E-state index in [1.807, 2.05) is 24.3 Å². The predicted molar refractivity (Wildman–Crippen MR) is 87.3 cm³/mol. The molecule has 2 aromatic rings. The van der Waals surface area contributed by atoms with E-state index in [0.29, 0.717) is 11.7 Å². The summed E-state index contributed by atoms with van der Waals surface area (Å²) in [5.74, 6) is 1.43. The lowest BCUT2D eigenvalue weighted by Crippen LogP contribution is -2.22. The SMILES string of the molecule is COC(=O)c1ccc2cc(O[C@H]3CC[C@@H](C)CC3)ccc2c1. The van der Waals surface area contributed by atoms with Gasteiger partial charge >= 0.3 is 5.97 Å². The predicted octanol–water partition coefficient (Wildman–Crippen LogP) is 4.58. The molecule has 3 nitrogen and oxygen atoms in total. The van der Waals surface area contributed by atoms with E-state index in [1.54, 1.807) is 6.07 Å². The van der Waals surface area contributed by atoms with Crippen molar-refractivity contribution in [1.82, 2.24) is 0 Å². The molecule has 0 aromatic heterocycles. The van der Waals surface area contributed by atoms with Crippen molar-refractivity contribution in [1.29, 1.82) is 0 Å². The molecule has 3 heteroatoms. The van der Waals surface area contributed by atoms with Crippen molar-refractivity contribution < 1.29 is 14.3 Å². The molecule has 0 unspecified atom stereocenters. The molecule has 0 N–H and O–H groups in total. The Morgan fingerprint density at radius 2 is 1.68 bits per heavy atom. The lowest BCUT2D eigenvalue weighted by atomic mass is 9.89. The molecule has 0 spiro atoms. The van der Waals surface area contributed by atoms with Gasteiger partial charge in [0.2, 0.25) is 0 Å². The van der Waals surface area contributed by atoms with Crippen LogP contribution in [0.4, 0.5) is 0 Å². The van der Waals surface area contributed by atoms with E-state index in [-0.39, 0.29) is 5.97 Å². The lowest BCUT2D eigenvalue weighted by molar-refractivity contribution is 0.0601. The van der Waals surface area contributed by atoms with Gasteiger partial charge < -0.3 is 9.47 Å². The molecule has 0 radical (unpaired) electrons. The highest BCUT2D eigenvalue weighted by molar-refractivity contribution is 5.95. The molecular weight excluding hydrogens is 276 g/mol. The molecule has 1 aliphatic carbocycles. The summed E-state index contributed by atoms with van der Waals surface area (Å²) in [4.78, 5) is 11.6. The fourth-order valence-corrected chi connectivity index (χ4v) is 3.08. The Hall–Kier alpha value is -2.03. The molecule has 22 heavy (non-hydrogen) atoms. The maximum atomic E-state index is 11.6. The van der Waals surface area contributed by atoms with Crippen molar-refractivity contribution in [2.24, 2.45) is 5.92 Å². The second-order valence-electron chi connectivity index (χ2n) is 6.22. The van der Waals surface area contributed by atoms with Gasteiger partial charge in [0.25, 0.3) is 0 Å². The molecule has 0 saturated heterocycles. The Morgan fingerprint density at radius 3 is 2.41 bits per heavy atom. The Labute approximate surface area is 131 Å². The van der Waals surface area contributed by atoms with Crippen LogP contribution >= 0.6 is 0 Å². The monoisotopic (exact) mass is 298 g/mol. The molecule has 1 fully saturated rings. The van der Waals surface area contributed by atoms with E-state index in [1.165, 1.54) is 20.0 Å². The van der Waals surface area contributed by atoms with Crippen LogP contribution in [0.1, 0.15) is 43.0 Å². The summed E-state index contributed by atoms with van der Waals surface area (Å²) in [7, 11) is 1.40. The van der Waals surface area contributed by atoms with Crippen LogP contribution in [0.25, 0.3) is 10.8 Å². The first-order valence-electron chi connectivity index (χ1n) is 7.94. The molecular formula is C19H22O3. The van der Waals surface area contributed by atoms with Gasteiger partial charge in [0.05, 0.1) is 18.8 Å². The number of benzene rings is 2. The van der Waals surface area contributed by atoms with Crippen LogP contribution in [-0.2, 0) is 4.74 Å². The van der Waals surface area contributed by atoms with Crippen LogP contribution < -0.4 is 4.74 Å². The van der Waals surface area contributed by atoms with Crippen LogP contribution in [-0.4, -0.2) is 19.2 Å².